The highest BCUT2D eigenvalue weighted by Gasteiger charge is 2.28. The van der Waals surface area contributed by atoms with E-state index < -0.39 is 5.24 Å². The quantitative estimate of drug-likeness (QED) is 0.774. The lowest BCUT2D eigenvalue weighted by atomic mass is 10.1. The standard InChI is InChI=1S/C13H16ClNO2/c1-8(2)11-6-3-9(7-12(14)16)13(17)15(11)10-4-5-10/h3,6,8,10H,4-5,7H2,1-2H3. The topological polar surface area (TPSA) is 39.1 Å². The van der Waals surface area contributed by atoms with Gasteiger partial charge in [-0.3, -0.25) is 9.59 Å². The maximum atomic E-state index is 12.3. The minimum absolute atomic E-state index is 0.0193. The molecule has 92 valence electrons. The maximum Gasteiger partial charge on any atom is 0.254 e. The van der Waals surface area contributed by atoms with Crippen molar-refractivity contribution >= 4 is 16.8 Å². The number of aromatic nitrogens is 1. The van der Waals surface area contributed by atoms with Gasteiger partial charge in [-0.2, -0.15) is 0 Å². The first-order valence-corrected chi connectivity index (χ1v) is 6.31. The van der Waals surface area contributed by atoms with Gasteiger partial charge in [0.15, 0.2) is 0 Å². The predicted molar refractivity (Wildman–Crippen MR) is 67.6 cm³/mol. The molecule has 1 saturated carbocycles. The van der Waals surface area contributed by atoms with Crippen LogP contribution < -0.4 is 5.56 Å². The second-order valence-corrected chi connectivity index (χ2v) is 5.30. The molecule has 0 atom stereocenters. The van der Waals surface area contributed by atoms with Crippen LogP contribution in [0.15, 0.2) is 16.9 Å². The lowest BCUT2D eigenvalue weighted by Gasteiger charge is -2.16. The number of nitrogens with zero attached hydrogens (tertiary/aromatic N) is 1. The number of rotatable bonds is 4. The van der Waals surface area contributed by atoms with Gasteiger partial charge in [0.2, 0.25) is 5.24 Å². The van der Waals surface area contributed by atoms with E-state index in [1.807, 2.05) is 10.6 Å². The summed E-state index contributed by atoms with van der Waals surface area (Å²) in [4.78, 5) is 23.2. The summed E-state index contributed by atoms with van der Waals surface area (Å²) >= 11 is 5.35. The van der Waals surface area contributed by atoms with Gasteiger partial charge in [0.05, 0.1) is 6.42 Å². The molecule has 0 spiro atoms. The summed E-state index contributed by atoms with van der Waals surface area (Å²) in [6, 6.07) is 4.00. The Bertz CT molecular complexity index is 501. The van der Waals surface area contributed by atoms with Crippen molar-refractivity contribution in [1.29, 1.82) is 0 Å². The Hall–Kier alpha value is -1.09. The summed E-state index contributed by atoms with van der Waals surface area (Å²) in [5.41, 5.74) is 1.50. The van der Waals surface area contributed by atoms with Crippen molar-refractivity contribution < 1.29 is 4.79 Å². The van der Waals surface area contributed by atoms with Crippen LogP contribution in [0.3, 0.4) is 0 Å². The lowest BCUT2D eigenvalue weighted by molar-refractivity contribution is -0.111. The van der Waals surface area contributed by atoms with Crippen LogP contribution in [0, 0.1) is 0 Å². The van der Waals surface area contributed by atoms with Crippen LogP contribution in [0.25, 0.3) is 0 Å². The highest BCUT2D eigenvalue weighted by Crippen LogP contribution is 2.36. The molecule has 1 heterocycles. The molecule has 0 aliphatic heterocycles. The molecule has 1 aromatic heterocycles. The molecule has 0 aromatic carbocycles. The number of pyridine rings is 1. The second kappa shape index (κ2) is 4.65. The van der Waals surface area contributed by atoms with Gasteiger partial charge in [-0.25, -0.2) is 0 Å². The first kappa shape index (κ1) is 12.4. The Labute approximate surface area is 105 Å². The summed E-state index contributed by atoms with van der Waals surface area (Å²) in [5, 5.41) is -0.484. The molecular formula is C13H16ClNO2. The van der Waals surface area contributed by atoms with E-state index in [2.05, 4.69) is 13.8 Å². The summed E-state index contributed by atoms with van der Waals surface area (Å²) < 4.78 is 1.85. The summed E-state index contributed by atoms with van der Waals surface area (Å²) in [6.07, 6.45) is 2.13. The molecule has 0 N–H and O–H groups in total. The van der Waals surface area contributed by atoms with E-state index in [9.17, 15) is 9.59 Å². The Balaban J connectivity index is 2.50. The van der Waals surface area contributed by atoms with E-state index in [0.717, 1.165) is 18.5 Å². The molecule has 0 amide bonds. The fourth-order valence-corrected chi connectivity index (χ4v) is 2.22. The van der Waals surface area contributed by atoms with Gasteiger partial charge in [0, 0.05) is 17.3 Å². The zero-order valence-electron chi connectivity index (χ0n) is 10.1. The molecule has 3 nitrogen and oxygen atoms in total. The van der Waals surface area contributed by atoms with Crippen molar-refractivity contribution in [2.45, 2.75) is 45.1 Å². The molecule has 1 aromatic rings. The third-order valence-corrected chi connectivity index (χ3v) is 3.19. The summed E-state index contributed by atoms with van der Waals surface area (Å²) in [6.45, 7) is 4.14. The monoisotopic (exact) mass is 253 g/mol. The average molecular weight is 254 g/mol. The molecule has 0 bridgehead atoms. The summed E-state index contributed by atoms with van der Waals surface area (Å²) in [5.74, 6) is 0.309. The van der Waals surface area contributed by atoms with Gasteiger partial charge in [0.25, 0.3) is 5.56 Å². The van der Waals surface area contributed by atoms with Crippen molar-refractivity contribution in [2.75, 3.05) is 0 Å². The molecule has 0 radical (unpaired) electrons. The Morgan fingerprint density at radius 2 is 2.12 bits per heavy atom. The van der Waals surface area contributed by atoms with Crippen molar-refractivity contribution in [3.05, 3.63) is 33.7 Å². The van der Waals surface area contributed by atoms with Crippen LogP contribution in [0.1, 0.15) is 49.9 Å². The average Bonchev–Trinajstić information content (AvgIpc) is 3.03. The fraction of sp³-hybridized carbons (Fsp3) is 0.538. The molecule has 1 fully saturated rings. The Morgan fingerprint density at radius 1 is 1.47 bits per heavy atom. The van der Waals surface area contributed by atoms with Crippen molar-refractivity contribution in [2.24, 2.45) is 0 Å². The number of hydrogen-bond acceptors (Lipinski definition) is 2. The van der Waals surface area contributed by atoms with Crippen molar-refractivity contribution in [1.82, 2.24) is 4.57 Å². The highest BCUT2D eigenvalue weighted by atomic mass is 35.5. The van der Waals surface area contributed by atoms with Gasteiger partial charge in [0.1, 0.15) is 0 Å². The first-order chi connectivity index (χ1) is 8.00. The van der Waals surface area contributed by atoms with Crippen LogP contribution in [0.4, 0.5) is 0 Å². The van der Waals surface area contributed by atoms with E-state index in [0.29, 0.717) is 17.5 Å². The van der Waals surface area contributed by atoms with E-state index in [1.54, 1.807) is 6.07 Å². The van der Waals surface area contributed by atoms with Crippen molar-refractivity contribution in [3.63, 3.8) is 0 Å². The summed E-state index contributed by atoms with van der Waals surface area (Å²) in [7, 11) is 0. The smallest absolute Gasteiger partial charge is 0.254 e. The van der Waals surface area contributed by atoms with Gasteiger partial charge in [-0.05, 0) is 36.4 Å². The molecule has 17 heavy (non-hydrogen) atoms. The second-order valence-electron chi connectivity index (χ2n) is 4.88. The number of halogens is 1. The number of carbonyl (C=O) groups excluding carboxylic acids is 1. The zero-order valence-corrected chi connectivity index (χ0v) is 10.8. The molecule has 2 rings (SSSR count). The molecule has 0 saturated heterocycles. The van der Waals surface area contributed by atoms with Crippen molar-refractivity contribution in [3.8, 4) is 0 Å². The Kier molecular flexibility index (Phi) is 3.38. The SMILES string of the molecule is CC(C)c1ccc(CC(=O)Cl)c(=O)n1C1CC1. The van der Waals surface area contributed by atoms with E-state index in [-0.39, 0.29) is 12.0 Å². The van der Waals surface area contributed by atoms with Crippen LogP contribution in [-0.2, 0) is 11.2 Å². The Morgan fingerprint density at radius 3 is 2.59 bits per heavy atom. The molecular weight excluding hydrogens is 238 g/mol. The maximum absolute atomic E-state index is 12.3. The van der Waals surface area contributed by atoms with Crippen LogP contribution in [0.5, 0.6) is 0 Å². The fourth-order valence-electron chi connectivity index (χ4n) is 2.07. The van der Waals surface area contributed by atoms with Gasteiger partial charge in [-0.1, -0.05) is 19.9 Å². The van der Waals surface area contributed by atoms with Gasteiger partial charge in [-0.15, -0.1) is 0 Å². The van der Waals surface area contributed by atoms with Crippen LogP contribution in [-0.4, -0.2) is 9.81 Å². The molecule has 0 unspecified atom stereocenters. The van der Waals surface area contributed by atoms with E-state index in [1.165, 1.54) is 0 Å². The largest absolute Gasteiger partial charge is 0.309 e. The minimum Gasteiger partial charge on any atom is -0.309 e. The highest BCUT2D eigenvalue weighted by molar-refractivity contribution is 6.63. The number of carbonyl (C=O) groups is 1. The minimum atomic E-state index is -0.484. The van der Waals surface area contributed by atoms with Gasteiger partial charge >= 0.3 is 0 Å². The van der Waals surface area contributed by atoms with Crippen LogP contribution in [0.2, 0.25) is 0 Å². The van der Waals surface area contributed by atoms with E-state index >= 15 is 0 Å². The molecule has 1 aliphatic rings. The molecule has 4 heteroatoms. The normalized spacial score (nSPS) is 15.3. The molecule has 1 aliphatic carbocycles. The van der Waals surface area contributed by atoms with E-state index in [4.69, 9.17) is 11.6 Å². The first-order valence-electron chi connectivity index (χ1n) is 5.93. The lowest BCUT2D eigenvalue weighted by Crippen LogP contribution is -2.27. The third-order valence-electron chi connectivity index (χ3n) is 3.06. The number of hydrogen-bond donors (Lipinski definition) is 0. The van der Waals surface area contributed by atoms with Gasteiger partial charge < -0.3 is 4.57 Å². The zero-order chi connectivity index (χ0) is 12.6. The predicted octanol–water partition coefficient (Wildman–Crippen LogP) is 2.61. The van der Waals surface area contributed by atoms with Crippen LogP contribution >= 0.6 is 11.6 Å². The third kappa shape index (κ3) is 2.60.